The lowest BCUT2D eigenvalue weighted by Crippen LogP contribution is -2.14. The second-order valence-corrected chi connectivity index (χ2v) is 7.68. The van der Waals surface area contributed by atoms with Crippen molar-refractivity contribution in [2.24, 2.45) is 0 Å². The number of nitrogens with one attached hydrogen (secondary N) is 1. The summed E-state index contributed by atoms with van der Waals surface area (Å²) in [5.74, 6) is -0.444. The van der Waals surface area contributed by atoms with Crippen molar-refractivity contribution >= 4 is 62.9 Å². The maximum Gasteiger partial charge on any atom is 0.266 e. The maximum absolute atomic E-state index is 12.4. The minimum Gasteiger partial charge on any atom is -0.506 e. The molecule has 0 atom stereocenters. The molecule has 0 aliphatic rings. The van der Waals surface area contributed by atoms with Gasteiger partial charge in [-0.25, -0.2) is 0 Å². The third-order valence-electron chi connectivity index (χ3n) is 3.35. The summed E-state index contributed by atoms with van der Waals surface area (Å²) in [5, 5.41) is 22.2. The number of anilines is 1. The minimum absolute atomic E-state index is 0.0584. The van der Waals surface area contributed by atoms with Crippen molar-refractivity contribution in [3.8, 4) is 11.8 Å². The number of aromatic hydroxyl groups is 1. The number of carbonyl (C=O) groups excluding carboxylic acids is 1. The largest absolute Gasteiger partial charge is 0.506 e. The Hall–Kier alpha value is -1.60. The van der Waals surface area contributed by atoms with E-state index >= 15 is 0 Å². The summed E-state index contributed by atoms with van der Waals surface area (Å²) >= 11 is 4.13. The van der Waals surface area contributed by atoms with E-state index in [-0.39, 0.29) is 11.3 Å². The lowest BCUT2D eigenvalue weighted by Gasteiger charge is -2.09. The number of carbonyl (C=O) groups is 1. The average Bonchev–Trinajstić information content (AvgIpc) is 2.51. The van der Waals surface area contributed by atoms with Crippen LogP contribution in [0.3, 0.4) is 0 Å². The first-order valence-electron chi connectivity index (χ1n) is 7.00. The molecule has 0 aliphatic carbocycles. The fourth-order valence-corrected chi connectivity index (χ4v) is 4.03. The molecule has 0 fully saturated rings. The molecule has 0 aromatic heterocycles. The van der Waals surface area contributed by atoms with Crippen molar-refractivity contribution in [2.75, 3.05) is 5.32 Å². The van der Waals surface area contributed by atoms with Gasteiger partial charge in [0.05, 0.1) is 3.57 Å². The summed E-state index contributed by atoms with van der Waals surface area (Å²) in [6.07, 6.45) is 1.40. The summed E-state index contributed by atoms with van der Waals surface area (Å²) in [4.78, 5) is 12.4. The van der Waals surface area contributed by atoms with Crippen LogP contribution in [0.1, 0.15) is 16.7 Å². The Kier molecular flexibility index (Phi) is 6.23. The van der Waals surface area contributed by atoms with Gasteiger partial charge in [0.2, 0.25) is 0 Å². The number of rotatable bonds is 3. The Balaban J connectivity index is 2.34. The van der Waals surface area contributed by atoms with E-state index in [2.05, 4.69) is 27.9 Å². The third kappa shape index (κ3) is 4.48. The van der Waals surface area contributed by atoms with Gasteiger partial charge in [0.25, 0.3) is 5.91 Å². The molecule has 1 amide bonds. The number of nitriles is 1. The Morgan fingerprint density at radius 1 is 1.25 bits per heavy atom. The Labute approximate surface area is 167 Å². The second kappa shape index (κ2) is 7.98. The van der Waals surface area contributed by atoms with Gasteiger partial charge >= 0.3 is 0 Å². The van der Waals surface area contributed by atoms with Crippen LogP contribution in [0.15, 0.2) is 35.9 Å². The van der Waals surface area contributed by atoms with Crippen LogP contribution >= 0.6 is 45.2 Å². The van der Waals surface area contributed by atoms with Gasteiger partial charge < -0.3 is 10.4 Å². The molecule has 0 spiro atoms. The molecular weight excluding hydrogens is 530 g/mol. The van der Waals surface area contributed by atoms with Crippen LogP contribution in [0.25, 0.3) is 6.08 Å². The number of hydrogen-bond donors (Lipinski definition) is 2. The third-order valence-corrected chi connectivity index (χ3v) is 4.80. The van der Waals surface area contributed by atoms with E-state index in [1.54, 1.807) is 6.07 Å². The summed E-state index contributed by atoms with van der Waals surface area (Å²) in [6, 6.07) is 11.1. The SMILES string of the molecule is Cc1ccc(NC(=O)/C(C#N)=C\c2cc(I)cc(I)c2O)c(C)c1. The molecule has 0 saturated heterocycles. The molecule has 6 heteroatoms. The molecule has 4 nitrogen and oxygen atoms in total. The predicted octanol–water partition coefficient (Wildman–Crippen LogP) is 4.76. The topological polar surface area (TPSA) is 73.1 Å². The predicted molar refractivity (Wildman–Crippen MR) is 112 cm³/mol. The number of nitrogens with zero attached hydrogens (tertiary/aromatic N) is 1. The zero-order chi connectivity index (χ0) is 17.9. The molecule has 2 rings (SSSR count). The standard InChI is InChI=1S/C18H14I2N2O2/c1-10-3-4-16(11(2)5-10)22-18(24)13(9-21)6-12-7-14(19)8-15(20)17(12)23/h3-8,23H,1-2H3,(H,22,24)/b13-6-. The van der Waals surface area contributed by atoms with Gasteiger partial charge in [-0.05, 0) is 88.9 Å². The van der Waals surface area contributed by atoms with Gasteiger partial charge in [-0.1, -0.05) is 17.7 Å². The van der Waals surface area contributed by atoms with Crippen LogP contribution in [0.2, 0.25) is 0 Å². The quantitative estimate of drug-likeness (QED) is 0.333. The van der Waals surface area contributed by atoms with Gasteiger partial charge in [-0.2, -0.15) is 5.26 Å². The summed E-state index contributed by atoms with van der Waals surface area (Å²) in [6.45, 7) is 3.87. The van der Waals surface area contributed by atoms with E-state index in [0.717, 1.165) is 14.7 Å². The number of halogens is 2. The van der Waals surface area contributed by atoms with Crippen LogP contribution in [0.5, 0.6) is 5.75 Å². The highest BCUT2D eigenvalue weighted by Gasteiger charge is 2.13. The molecule has 0 saturated carbocycles. The number of aryl methyl sites for hydroxylation is 2. The smallest absolute Gasteiger partial charge is 0.266 e. The minimum atomic E-state index is -0.502. The van der Waals surface area contributed by atoms with Gasteiger partial charge in [0.15, 0.2) is 0 Å². The van der Waals surface area contributed by atoms with E-state index < -0.39 is 5.91 Å². The average molecular weight is 544 g/mol. The monoisotopic (exact) mass is 544 g/mol. The van der Waals surface area contributed by atoms with E-state index in [0.29, 0.717) is 14.8 Å². The molecule has 24 heavy (non-hydrogen) atoms. The molecule has 0 radical (unpaired) electrons. The maximum atomic E-state index is 12.4. The van der Waals surface area contributed by atoms with Gasteiger partial charge in [0, 0.05) is 14.8 Å². The Morgan fingerprint density at radius 3 is 2.58 bits per heavy atom. The van der Waals surface area contributed by atoms with Crippen molar-refractivity contribution in [3.63, 3.8) is 0 Å². The van der Waals surface area contributed by atoms with Crippen molar-refractivity contribution in [1.29, 1.82) is 5.26 Å². The second-order valence-electron chi connectivity index (χ2n) is 5.27. The van der Waals surface area contributed by atoms with Crippen molar-refractivity contribution in [2.45, 2.75) is 13.8 Å². The molecule has 2 aromatic carbocycles. The van der Waals surface area contributed by atoms with E-state index in [1.807, 2.05) is 66.8 Å². The van der Waals surface area contributed by atoms with Crippen LogP contribution in [0.4, 0.5) is 5.69 Å². The van der Waals surface area contributed by atoms with Crippen LogP contribution < -0.4 is 5.32 Å². The normalized spacial score (nSPS) is 11.0. The Bertz CT molecular complexity index is 883. The molecule has 2 aromatic rings. The fraction of sp³-hybridized carbons (Fsp3) is 0.111. The van der Waals surface area contributed by atoms with Gasteiger partial charge in [-0.15, -0.1) is 0 Å². The molecule has 0 heterocycles. The van der Waals surface area contributed by atoms with Crippen LogP contribution in [-0.4, -0.2) is 11.0 Å². The molecule has 0 unspecified atom stereocenters. The van der Waals surface area contributed by atoms with Gasteiger partial charge in [-0.3, -0.25) is 4.79 Å². The lowest BCUT2D eigenvalue weighted by atomic mass is 10.1. The fourth-order valence-electron chi connectivity index (χ4n) is 2.14. The molecule has 0 bridgehead atoms. The number of phenols is 1. The number of phenolic OH excluding ortho intramolecular Hbond substituents is 1. The molecule has 2 N–H and O–H groups in total. The van der Waals surface area contributed by atoms with Crippen LogP contribution in [-0.2, 0) is 4.79 Å². The highest BCUT2D eigenvalue weighted by molar-refractivity contribution is 14.1. The highest BCUT2D eigenvalue weighted by atomic mass is 127. The zero-order valence-corrected chi connectivity index (χ0v) is 17.3. The first-order chi connectivity index (χ1) is 11.3. The van der Waals surface area contributed by atoms with Crippen LogP contribution in [0, 0.1) is 32.3 Å². The number of hydrogen-bond acceptors (Lipinski definition) is 3. The van der Waals surface area contributed by atoms with Crippen molar-refractivity contribution < 1.29 is 9.90 Å². The van der Waals surface area contributed by atoms with Crippen molar-refractivity contribution in [1.82, 2.24) is 0 Å². The lowest BCUT2D eigenvalue weighted by molar-refractivity contribution is -0.112. The first kappa shape index (κ1) is 18.7. The molecular formula is C18H14I2N2O2. The molecule has 0 aliphatic heterocycles. The Morgan fingerprint density at radius 2 is 1.96 bits per heavy atom. The number of benzene rings is 2. The van der Waals surface area contributed by atoms with E-state index in [1.165, 1.54) is 6.08 Å². The number of amides is 1. The molecule has 122 valence electrons. The zero-order valence-electron chi connectivity index (χ0n) is 13.0. The summed E-state index contributed by atoms with van der Waals surface area (Å²) in [7, 11) is 0. The van der Waals surface area contributed by atoms with Crippen molar-refractivity contribution in [3.05, 3.63) is 59.7 Å². The van der Waals surface area contributed by atoms with Gasteiger partial charge in [0.1, 0.15) is 17.4 Å². The van der Waals surface area contributed by atoms with E-state index in [9.17, 15) is 15.2 Å². The summed E-state index contributed by atoms with van der Waals surface area (Å²) < 4.78 is 1.57. The first-order valence-corrected chi connectivity index (χ1v) is 9.16. The van der Waals surface area contributed by atoms with E-state index in [4.69, 9.17) is 0 Å². The highest BCUT2D eigenvalue weighted by Crippen LogP contribution is 2.29. The summed E-state index contributed by atoms with van der Waals surface area (Å²) in [5.41, 5.74) is 3.06.